The summed E-state index contributed by atoms with van der Waals surface area (Å²) in [6.45, 7) is 10.4. The summed E-state index contributed by atoms with van der Waals surface area (Å²) in [6, 6.07) is 7.67. The Hall–Kier alpha value is -3.73. The van der Waals surface area contributed by atoms with Gasteiger partial charge in [-0.25, -0.2) is 9.78 Å². The Morgan fingerprint density at radius 3 is 2.68 bits per heavy atom. The standard InChI is InChI=1S/C26H31N5O3/c1-17(2)10-18(13-31-25(32)34-26(3,4)5)16-33-24-19(12-27)11-20(14-30-24)21-6-9-29-23-7-8-28-15-22(21)23/h6-9,11,14-15,17-18H,10,13,16H2,1-5H3,(H,31,32)/t18-/m0/s1. The van der Waals surface area contributed by atoms with Crippen molar-refractivity contribution in [1.82, 2.24) is 20.3 Å². The number of pyridine rings is 3. The van der Waals surface area contributed by atoms with Crippen LogP contribution in [0, 0.1) is 23.2 Å². The monoisotopic (exact) mass is 461 g/mol. The Balaban J connectivity index is 1.73. The zero-order chi connectivity index (χ0) is 24.7. The van der Waals surface area contributed by atoms with E-state index >= 15 is 0 Å². The minimum absolute atomic E-state index is 0.0377. The number of carbonyl (C=O) groups excluding carboxylic acids is 1. The average molecular weight is 462 g/mol. The van der Waals surface area contributed by atoms with Crippen LogP contribution in [0.15, 0.2) is 43.0 Å². The molecular weight excluding hydrogens is 430 g/mol. The second-order valence-corrected chi connectivity index (χ2v) is 9.63. The number of hydrogen-bond donors (Lipinski definition) is 1. The minimum atomic E-state index is -0.558. The van der Waals surface area contributed by atoms with Gasteiger partial charge in [-0.15, -0.1) is 0 Å². The van der Waals surface area contributed by atoms with Crippen LogP contribution in [0.4, 0.5) is 4.79 Å². The summed E-state index contributed by atoms with van der Waals surface area (Å²) in [7, 11) is 0. The topological polar surface area (TPSA) is 110 Å². The lowest BCUT2D eigenvalue weighted by Crippen LogP contribution is -2.37. The zero-order valence-electron chi connectivity index (χ0n) is 20.3. The highest BCUT2D eigenvalue weighted by molar-refractivity contribution is 5.93. The van der Waals surface area contributed by atoms with Gasteiger partial charge >= 0.3 is 6.09 Å². The second-order valence-electron chi connectivity index (χ2n) is 9.63. The number of rotatable bonds is 8. The largest absolute Gasteiger partial charge is 0.476 e. The fraction of sp³-hybridized carbons (Fsp3) is 0.423. The number of aromatic nitrogens is 3. The molecule has 3 aromatic heterocycles. The maximum absolute atomic E-state index is 12.1. The summed E-state index contributed by atoms with van der Waals surface area (Å²) in [4.78, 5) is 25.0. The lowest BCUT2D eigenvalue weighted by atomic mass is 9.98. The summed E-state index contributed by atoms with van der Waals surface area (Å²) in [6.07, 6.45) is 7.24. The molecule has 0 unspecified atom stereocenters. The third-order valence-corrected chi connectivity index (χ3v) is 5.02. The minimum Gasteiger partial charge on any atom is -0.476 e. The first-order valence-electron chi connectivity index (χ1n) is 11.3. The van der Waals surface area contributed by atoms with Gasteiger partial charge in [0, 0.05) is 48.2 Å². The molecule has 3 heterocycles. The molecule has 1 N–H and O–H groups in total. The molecule has 0 aliphatic carbocycles. The molecule has 34 heavy (non-hydrogen) atoms. The van der Waals surface area contributed by atoms with Crippen LogP contribution in [-0.2, 0) is 4.74 Å². The number of fused-ring (bicyclic) bond motifs is 1. The van der Waals surface area contributed by atoms with Crippen LogP contribution in [0.25, 0.3) is 22.0 Å². The number of carbonyl (C=O) groups is 1. The number of nitriles is 1. The Kier molecular flexibility index (Phi) is 8.00. The van der Waals surface area contributed by atoms with Gasteiger partial charge in [0.25, 0.3) is 0 Å². The van der Waals surface area contributed by atoms with Crippen LogP contribution in [-0.4, -0.2) is 39.8 Å². The van der Waals surface area contributed by atoms with Crippen molar-refractivity contribution in [1.29, 1.82) is 5.26 Å². The van der Waals surface area contributed by atoms with Gasteiger partial charge in [0.2, 0.25) is 5.88 Å². The van der Waals surface area contributed by atoms with Gasteiger partial charge in [0.15, 0.2) is 0 Å². The molecule has 0 aliphatic heterocycles. The molecule has 0 saturated carbocycles. The van der Waals surface area contributed by atoms with E-state index in [0.29, 0.717) is 24.6 Å². The van der Waals surface area contributed by atoms with Crippen molar-refractivity contribution in [2.45, 2.75) is 46.6 Å². The fourth-order valence-corrected chi connectivity index (χ4v) is 3.65. The summed E-state index contributed by atoms with van der Waals surface area (Å²) in [5.74, 6) is 0.720. The number of nitrogens with zero attached hydrogens (tertiary/aromatic N) is 4. The molecule has 1 amide bonds. The molecule has 1 atom stereocenters. The highest BCUT2D eigenvalue weighted by Crippen LogP contribution is 2.29. The summed E-state index contributed by atoms with van der Waals surface area (Å²) in [5.41, 5.74) is 2.29. The van der Waals surface area contributed by atoms with Gasteiger partial charge in [-0.1, -0.05) is 13.8 Å². The smallest absolute Gasteiger partial charge is 0.407 e. The van der Waals surface area contributed by atoms with Crippen molar-refractivity contribution >= 4 is 17.0 Å². The van der Waals surface area contributed by atoms with Crippen LogP contribution in [0.1, 0.15) is 46.6 Å². The molecule has 0 saturated heterocycles. The number of ether oxygens (including phenoxy) is 2. The van der Waals surface area contributed by atoms with Crippen molar-refractivity contribution in [3.8, 4) is 23.1 Å². The third-order valence-electron chi connectivity index (χ3n) is 5.02. The van der Waals surface area contributed by atoms with Crippen molar-refractivity contribution in [3.05, 3.63) is 48.5 Å². The molecular formula is C26H31N5O3. The van der Waals surface area contributed by atoms with Gasteiger partial charge < -0.3 is 14.8 Å². The Labute approximate surface area is 200 Å². The van der Waals surface area contributed by atoms with E-state index < -0.39 is 11.7 Å². The Bertz CT molecular complexity index is 1180. The zero-order valence-corrected chi connectivity index (χ0v) is 20.3. The first-order valence-corrected chi connectivity index (χ1v) is 11.3. The molecule has 3 rings (SSSR count). The number of hydrogen-bond acceptors (Lipinski definition) is 7. The average Bonchev–Trinajstić information content (AvgIpc) is 2.79. The maximum atomic E-state index is 12.1. The number of alkyl carbamates (subject to hydrolysis) is 1. The van der Waals surface area contributed by atoms with E-state index in [4.69, 9.17) is 9.47 Å². The predicted molar refractivity (Wildman–Crippen MR) is 130 cm³/mol. The van der Waals surface area contributed by atoms with Crippen LogP contribution < -0.4 is 10.1 Å². The van der Waals surface area contributed by atoms with Crippen molar-refractivity contribution in [2.24, 2.45) is 11.8 Å². The molecule has 178 valence electrons. The van der Waals surface area contributed by atoms with Crippen LogP contribution in [0.2, 0.25) is 0 Å². The highest BCUT2D eigenvalue weighted by Gasteiger charge is 2.19. The Morgan fingerprint density at radius 1 is 1.18 bits per heavy atom. The second kappa shape index (κ2) is 10.9. The first kappa shape index (κ1) is 24.9. The van der Waals surface area contributed by atoms with Gasteiger partial charge in [0.1, 0.15) is 17.2 Å². The Morgan fingerprint density at radius 2 is 1.97 bits per heavy atom. The molecule has 8 heteroatoms. The quantitative estimate of drug-likeness (QED) is 0.495. The normalized spacial score (nSPS) is 12.3. The van der Waals surface area contributed by atoms with E-state index in [1.54, 1.807) is 30.9 Å². The number of amides is 1. The third kappa shape index (κ3) is 6.88. The van der Waals surface area contributed by atoms with E-state index in [-0.39, 0.29) is 11.8 Å². The molecule has 0 radical (unpaired) electrons. The summed E-state index contributed by atoms with van der Waals surface area (Å²) < 4.78 is 11.3. The van der Waals surface area contributed by atoms with E-state index in [2.05, 4.69) is 40.2 Å². The molecule has 0 bridgehead atoms. The van der Waals surface area contributed by atoms with Gasteiger partial charge in [-0.2, -0.15) is 5.26 Å². The predicted octanol–water partition coefficient (Wildman–Crippen LogP) is 5.13. The molecule has 0 spiro atoms. The lowest BCUT2D eigenvalue weighted by molar-refractivity contribution is 0.0510. The maximum Gasteiger partial charge on any atom is 0.407 e. The van der Waals surface area contributed by atoms with Crippen LogP contribution in [0.3, 0.4) is 0 Å². The van der Waals surface area contributed by atoms with E-state index in [1.807, 2.05) is 32.9 Å². The van der Waals surface area contributed by atoms with Crippen LogP contribution in [0.5, 0.6) is 5.88 Å². The fourth-order valence-electron chi connectivity index (χ4n) is 3.65. The number of nitrogens with one attached hydrogen (secondary N) is 1. The van der Waals surface area contributed by atoms with Crippen molar-refractivity contribution in [2.75, 3.05) is 13.2 Å². The molecule has 3 aromatic rings. The van der Waals surface area contributed by atoms with Gasteiger partial charge in [-0.05, 0) is 56.9 Å². The molecule has 0 aliphatic rings. The van der Waals surface area contributed by atoms with E-state index in [0.717, 1.165) is 28.5 Å². The SMILES string of the molecule is CC(C)C[C@@H](CNC(=O)OC(C)(C)C)COc1ncc(-c2ccnc3ccncc23)cc1C#N. The summed E-state index contributed by atoms with van der Waals surface area (Å²) in [5, 5.41) is 13.4. The van der Waals surface area contributed by atoms with Crippen molar-refractivity contribution < 1.29 is 14.3 Å². The molecule has 8 nitrogen and oxygen atoms in total. The van der Waals surface area contributed by atoms with Gasteiger partial charge in [0.05, 0.1) is 12.1 Å². The summed E-state index contributed by atoms with van der Waals surface area (Å²) >= 11 is 0. The molecule has 0 aromatic carbocycles. The molecule has 0 fully saturated rings. The van der Waals surface area contributed by atoms with Gasteiger partial charge in [-0.3, -0.25) is 9.97 Å². The van der Waals surface area contributed by atoms with Crippen molar-refractivity contribution in [3.63, 3.8) is 0 Å². The lowest BCUT2D eigenvalue weighted by Gasteiger charge is -2.23. The first-order chi connectivity index (χ1) is 16.2. The van der Waals surface area contributed by atoms with E-state index in [9.17, 15) is 10.1 Å². The highest BCUT2D eigenvalue weighted by atomic mass is 16.6. The van der Waals surface area contributed by atoms with Crippen LogP contribution >= 0.6 is 0 Å². The van der Waals surface area contributed by atoms with E-state index in [1.165, 1.54) is 0 Å².